The van der Waals surface area contributed by atoms with Gasteiger partial charge in [-0.05, 0) is 50.1 Å². The summed E-state index contributed by atoms with van der Waals surface area (Å²) in [6.45, 7) is 6.05. The van der Waals surface area contributed by atoms with E-state index in [1.807, 2.05) is 32.9 Å². The molecular weight excluding hydrogens is 363 g/mol. The minimum atomic E-state index is -1.25. The van der Waals surface area contributed by atoms with Gasteiger partial charge in [0.1, 0.15) is 5.82 Å². The molecule has 1 unspecified atom stereocenters. The number of anilines is 2. The van der Waals surface area contributed by atoms with Gasteiger partial charge < -0.3 is 15.3 Å². The predicted molar refractivity (Wildman–Crippen MR) is 103 cm³/mol. The van der Waals surface area contributed by atoms with Crippen molar-refractivity contribution in [3.8, 4) is 0 Å². The van der Waals surface area contributed by atoms with Crippen LogP contribution >= 0.6 is 0 Å². The molecule has 1 aliphatic heterocycles. The van der Waals surface area contributed by atoms with E-state index in [-0.39, 0.29) is 30.1 Å². The monoisotopic (exact) mass is 384 g/mol. The minimum absolute atomic E-state index is 0.0351. The number of nitrogens with one attached hydrogen (secondary N) is 1. The highest BCUT2D eigenvalue weighted by molar-refractivity contribution is 6.04. The lowest BCUT2D eigenvalue weighted by Gasteiger charge is -2.22. The van der Waals surface area contributed by atoms with Gasteiger partial charge in [-0.1, -0.05) is 17.7 Å². The average Bonchev–Trinajstić information content (AvgIpc) is 2.97. The van der Waals surface area contributed by atoms with Crippen molar-refractivity contribution in [1.82, 2.24) is 0 Å². The SMILES string of the molecule is Cc1cc(C)c(N2CC(C(=O)Nc3ccc(C(=O)O)cc3F)CC2=O)c(C)c1. The number of aryl methyl sites for hydroxylation is 3. The number of hydrogen-bond donors (Lipinski definition) is 2. The Labute approximate surface area is 162 Å². The molecule has 0 saturated carbocycles. The van der Waals surface area contributed by atoms with E-state index in [0.717, 1.165) is 28.4 Å². The molecule has 28 heavy (non-hydrogen) atoms. The van der Waals surface area contributed by atoms with Crippen LogP contribution in [0.1, 0.15) is 33.5 Å². The summed E-state index contributed by atoms with van der Waals surface area (Å²) in [6.07, 6.45) is 0.0351. The molecule has 0 radical (unpaired) electrons. The van der Waals surface area contributed by atoms with Crippen molar-refractivity contribution < 1.29 is 23.9 Å². The van der Waals surface area contributed by atoms with Crippen molar-refractivity contribution in [2.75, 3.05) is 16.8 Å². The Morgan fingerprint density at radius 1 is 1.14 bits per heavy atom. The molecule has 1 heterocycles. The number of carbonyl (C=O) groups is 3. The molecule has 2 amide bonds. The van der Waals surface area contributed by atoms with Gasteiger partial charge in [0.2, 0.25) is 11.8 Å². The maximum absolute atomic E-state index is 14.1. The molecule has 0 aliphatic carbocycles. The summed E-state index contributed by atoms with van der Waals surface area (Å²) in [5, 5.41) is 11.3. The second-order valence-corrected chi connectivity index (χ2v) is 7.14. The van der Waals surface area contributed by atoms with E-state index in [2.05, 4.69) is 5.32 Å². The maximum Gasteiger partial charge on any atom is 0.335 e. The highest BCUT2D eigenvalue weighted by Gasteiger charge is 2.36. The van der Waals surface area contributed by atoms with E-state index in [1.165, 1.54) is 12.1 Å². The number of benzene rings is 2. The number of nitrogens with zero attached hydrogens (tertiary/aromatic N) is 1. The fraction of sp³-hybridized carbons (Fsp3) is 0.286. The fourth-order valence-electron chi connectivity index (χ4n) is 3.68. The average molecular weight is 384 g/mol. The van der Waals surface area contributed by atoms with Gasteiger partial charge in [-0.2, -0.15) is 0 Å². The minimum Gasteiger partial charge on any atom is -0.478 e. The molecule has 0 bridgehead atoms. The molecule has 7 heteroatoms. The Morgan fingerprint density at radius 3 is 2.36 bits per heavy atom. The van der Waals surface area contributed by atoms with Gasteiger partial charge in [-0.25, -0.2) is 9.18 Å². The van der Waals surface area contributed by atoms with Gasteiger partial charge in [0.25, 0.3) is 0 Å². The molecule has 1 fully saturated rings. The Bertz CT molecular complexity index is 963. The summed E-state index contributed by atoms with van der Waals surface area (Å²) in [7, 11) is 0. The number of rotatable bonds is 4. The van der Waals surface area contributed by atoms with Crippen LogP contribution in [0, 0.1) is 32.5 Å². The van der Waals surface area contributed by atoms with Crippen LogP contribution in [0.15, 0.2) is 30.3 Å². The van der Waals surface area contributed by atoms with Crippen LogP contribution in [0.5, 0.6) is 0 Å². The first-order chi connectivity index (χ1) is 13.2. The van der Waals surface area contributed by atoms with Crippen LogP contribution in [0.3, 0.4) is 0 Å². The highest BCUT2D eigenvalue weighted by atomic mass is 19.1. The Kier molecular flexibility index (Phi) is 5.18. The Hall–Kier alpha value is -3.22. The van der Waals surface area contributed by atoms with E-state index >= 15 is 0 Å². The largest absolute Gasteiger partial charge is 0.478 e. The molecule has 0 spiro atoms. The number of carbonyl (C=O) groups excluding carboxylic acids is 2. The number of hydrogen-bond acceptors (Lipinski definition) is 3. The van der Waals surface area contributed by atoms with E-state index in [0.29, 0.717) is 0 Å². The molecule has 1 atom stereocenters. The van der Waals surface area contributed by atoms with Crippen molar-refractivity contribution in [3.63, 3.8) is 0 Å². The summed E-state index contributed by atoms with van der Waals surface area (Å²) in [4.78, 5) is 37.6. The van der Waals surface area contributed by atoms with Gasteiger partial charge in [0.05, 0.1) is 17.2 Å². The topological polar surface area (TPSA) is 86.7 Å². The Balaban J connectivity index is 1.77. The van der Waals surface area contributed by atoms with Crippen LogP contribution in [-0.2, 0) is 9.59 Å². The van der Waals surface area contributed by atoms with Gasteiger partial charge in [0, 0.05) is 18.7 Å². The first kappa shape index (κ1) is 19.5. The molecule has 2 N–H and O–H groups in total. The Morgan fingerprint density at radius 2 is 1.79 bits per heavy atom. The second kappa shape index (κ2) is 7.42. The van der Waals surface area contributed by atoms with Gasteiger partial charge in [-0.15, -0.1) is 0 Å². The lowest BCUT2D eigenvalue weighted by molar-refractivity contribution is -0.122. The fourth-order valence-corrected chi connectivity index (χ4v) is 3.68. The van der Waals surface area contributed by atoms with Gasteiger partial charge in [0.15, 0.2) is 0 Å². The van der Waals surface area contributed by atoms with E-state index in [9.17, 15) is 18.8 Å². The predicted octanol–water partition coefficient (Wildman–Crippen LogP) is 3.44. The lowest BCUT2D eigenvalue weighted by Crippen LogP contribution is -2.29. The van der Waals surface area contributed by atoms with Crippen LogP contribution in [0.25, 0.3) is 0 Å². The molecule has 3 rings (SSSR count). The van der Waals surface area contributed by atoms with Crippen LogP contribution < -0.4 is 10.2 Å². The van der Waals surface area contributed by atoms with Crippen molar-refractivity contribution in [3.05, 3.63) is 58.4 Å². The third-order valence-corrected chi connectivity index (χ3v) is 4.88. The van der Waals surface area contributed by atoms with E-state index < -0.39 is 23.6 Å². The number of halogens is 1. The van der Waals surface area contributed by atoms with Crippen LogP contribution in [0.4, 0.5) is 15.8 Å². The zero-order valence-electron chi connectivity index (χ0n) is 15.9. The lowest BCUT2D eigenvalue weighted by atomic mass is 10.0. The standard InChI is InChI=1S/C21H21FN2O4/c1-11-6-12(2)19(13(3)7-11)24-10-15(9-18(24)25)20(26)23-17-5-4-14(21(27)28)8-16(17)22/h4-8,15H,9-10H2,1-3H3,(H,23,26)(H,27,28). The van der Waals surface area contributed by atoms with Crippen molar-refractivity contribution in [2.45, 2.75) is 27.2 Å². The van der Waals surface area contributed by atoms with E-state index in [4.69, 9.17) is 5.11 Å². The third kappa shape index (κ3) is 3.74. The van der Waals surface area contributed by atoms with Crippen molar-refractivity contribution >= 4 is 29.2 Å². The zero-order chi connectivity index (χ0) is 20.6. The molecule has 1 saturated heterocycles. The third-order valence-electron chi connectivity index (χ3n) is 4.88. The van der Waals surface area contributed by atoms with Crippen LogP contribution in [-0.4, -0.2) is 29.4 Å². The second-order valence-electron chi connectivity index (χ2n) is 7.14. The van der Waals surface area contributed by atoms with E-state index in [1.54, 1.807) is 4.90 Å². The van der Waals surface area contributed by atoms with Gasteiger partial charge >= 0.3 is 5.97 Å². The van der Waals surface area contributed by atoms with Crippen molar-refractivity contribution in [1.29, 1.82) is 0 Å². The van der Waals surface area contributed by atoms with Crippen LogP contribution in [0.2, 0.25) is 0 Å². The molecule has 0 aromatic heterocycles. The maximum atomic E-state index is 14.1. The molecule has 1 aliphatic rings. The molecule has 2 aromatic rings. The number of carboxylic acids is 1. The summed E-state index contributed by atoms with van der Waals surface area (Å²) >= 11 is 0. The first-order valence-corrected chi connectivity index (χ1v) is 8.89. The molecule has 2 aromatic carbocycles. The quantitative estimate of drug-likeness (QED) is 0.845. The number of carboxylic acid groups (broad SMARTS) is 1. The molecule has 6 nitrogen and oxygen atoms in total. The molecule has 146 valence electrons. The summed E-state index contributed by atoms with van der Waals surface area (Å²) in [5.74, 6) is -3.33. The normalized spacial score (nSPS) is 16.4. The highest BCUT2D eigenvalue weighted by Crippen LogP contribution is 2.32. The smallest absolute Gasteiger partial charge is 0.335 e. The van der Waals surface area contributed by atoms with Gasteiger partial charge in [-0.3, -0.25) is 9.59 Å². The summed E-state index contributed by atoms with van der Waals surface area (Å²) in [6, 6.07) is 7.25. The summed E-state index contributed by atoms with van der Waals surface area (Å²) < 4.78 is 14.1. The summed E-state index contributed by atoms with van der Waals surface area (Å²) in [5.41, 5.74) is 3.51. The number of aromatic carboxylic acids is 1. The molecular formula is C21H21FN2O4. The van der Waals surface area contributed by atoms with Crippen molar-refractivity contribution in [2.24, 2.45) is 5.92 Å². The zero-order valence-corrected chi connectivity index (χ0v) is 15.9. The first-order valence-electron chi connectivity index (χ1n) is 8.89. The number of amides is 2.